The summed E-state index contributed by atoms with van der Waals surface area (Å²) in [5.41, 5.74) is 4.12. The van der Waals surface area contributed by atoms with E-state index in [1.807, 2.05) is 17.5 Å². The fourth-order valence-electron chi connectivity index (χ4n) is 3.18. The maximum Gasteiger partial charge on any atom is 0.177 e. The average molecular weight is 308 g/mol. The van der Waals surface area contributed by atoms with Gasteiger partial charge in [-0.3, -0.25) is 0 Å². The number of aryl methyl sites for hydroxylation is 2. The molecule has 6 nitrogen and oxygen atoms in total. The summed E-state index contributed by atoms with van der Waals surface area (Å²) < 4.78 is 1.89. The largest absolute Gasteiger partial charge is 0.368 e. The second-order valence-electron chi connectivity index (χ2n) is 5.97. The first-order valence-corrected chi connectivity index (χ1v) is 7.97. The third kappa shape index (κ3) is 2.50. The van der Waals surface area contributed by atoms with Crippen LogP contribution >= 0.6 is 0 Å². The number of anilines is 2. The van der Waals surface area contributed by atoms with E-state index in [2.05, 4.69) is 62.4 Å². The molecule has 2 aromatic heterocycles. The van der Waals surface area contributed by atoms with Gasteiger partial charge in [0.05, 0.1) is 11.4 Å². The average Bonchev–Trinajstić information content (AvgIpc) is 2.98. The number of fused-ring (bicyclic) bond motifs is 1. The number of piperazine rings is 1. The Labute approximate surface area is 135 Å². The highest BCUT2D eigenvalue weighted by Gasteiger charge is 2.21. The molecule has 4 rings (SSSR count). The van der Waals surface area contributed by atoms with Crippen LogP contribution in [0.4, 0.5) is 11.5 Å². The third-order valence-electron chi connectivity index (χ3n) is 4.40. The molecule has 1 aromatic carbocycles. The van der Waals surface area contributed by atoms with E-state index in [9.17, 15) is 0 Å². The fourth-order valence-corrected chi connectivity index (χ4v) is 3.18. The first kappa shape index (κ1) is 14.0. The second-order valence-corrected chi connectivity index (χ2v) is 5.97. The minimum atomic E-state index is 0.812. The van der Waals surface area contributed by atoms with Gasteiger partial charge in [-0.05, 0) is 26.0 Å². The van der Waals surface area contributed by atoms with E-state index in [0.29, 0.717) is 0 Å². The normalized spacial score (nSPS) is 15.4. The number of hydrogen-bond donors (Lipinski definition) is 0. The summed E-state index contributed by atoms with van der Waals surface area (Å²) in [4.78, 5) is 4.72. The number of para-hydroxylation sites is 1. The lowest BCUT2D eigenvalue weighted by atomic mass is 10.2. The molecule has 0 atom stereocenters. The lowest BCUT2D eigenvalue weighted by molar-refractivity contribution is 0.636. The molecule has 0 aliphatic carbocycles. The molecule has 0 amide bonds. The zero-order valence-corrected chi connectivity index (χ0v) is 13.5. The Kier molecular flexibility index (Phi) is 3.37. The van der Waals surface area contributed by atoms with Crippen LogP contribution in [-0.2, 0) is 0 Å². The van der Waals surface area contributed by atoms with Crippen LogP contribution in [0.2, 0.25) is 0 Å². The van der Waals surface area contributed by atoms with Gasteiger partial charge in [0.2, 0.25) is 0 Å². The molecule has 1 aliphatic heterocycles. The van der Waals surface area contributed by atoms with Gasteiger partial charge in [0.15, 0.2) is 11.5 Å². The predicted octanol–water partition coefficient (Wildman–Crippen LogP) is 2.07. The standard InChI is InChI=1S/C17H20N6/c1-13-12-16-18-19-17(14(2)23(16)20-13)22-10-8-21(9-11-22)15-6-4-3-5-7-15/h3-7,12H,8-11H2,1-2H3. The van der Waals surface area contributed by atoms with Crippen molar-refractivity contribution in [3.05, 3.63) is 47.8 Å². The molecular formula is C17H20N6. The lowest BCUT2D eigenvalue weighted by Gasteiger charge is -2.36. The second kappa shape index (κ2) is 5.53. The van der Waals surface area contributed by atoms with Crippen LogP contribution < -0.4 is 9.80 Å². The van der Waals surface area contributed by atoms with Crippen LogP contribution in [0.5, 0.6) is 0 Å². The van der Waals surface area contributed by atoms with Crippen molar-refractivity contribution in [3.63, 3.8) is 0 Å². The van der Waals surface area contributed by atoms with Gasteiger partial charge in [0.25, 0.3) is 0 Å². The maximum atomic E-state index is 4.51. The molecule has 0 N–H and O–H groups in total. The zero-order chi connectivity index (χ0) is 15.8. The van der Waals surface area contributed by atoms with E-state index < -0.39 is 0 Å². The Morgan fingerprint density at radius 3 is 2.30 bits per heavy atom. The summed E-state index contributed by atoms with van der Waals surface area (Å²) >= 11 is 0. The minimum absolute atomic E-state index is 0.812. The fraction of sp³-hybridized carbons (Fsp3) is 0.353. The van der Waals surface area contributed by atoms with Crippen molar-refractivity contribution < 1.29 is 0 Å². The molecule has 1 fully saturated rings. The van der Waals surface area contributed by atoms with Crippen molar-refractivity contribution >= 4 is 17.2 Å². The highest BCUT2D eigenvalue weighted by atomic mass is 15.4. The monoisotopic (exact) mass is 308 g/mol. The smallest absolute Gasteiger partial charge is 0.177 e. The van der Waals surface area contributed by atoms with E-state index in [0.717, 1.165) is 49.0 Å². The molecule has 0 radical (unpaired) electrons. The van der Waals surface area contributed by atoms with Crippen LogP contribution in [0, 0.1) is 13.8 Å². The van der Waals surface area contributed by atoms with Gasteiger partial charge in [-0.15, -0.1) is 10.2 Å². The van der Waals surface area contributed by atoms with E-state index in [4.69, 9.17) is 0 Å². The number of rotatable bonds is 2. The number of aromatic nitrogens is 4. The Balaban J connectivity index is 1.55. The third-order valence-corrected chi connectivity index (χ3v) is 4.40. The lowest BCUT2D eigenvalue weighted by Crippen LogP contribution is -2.47. The quantitative estimate of drug-likeness (QED) is 0.725. The zero-order valence-electron chi connectivity index (χ0n) is 13.5. The molecule has 0 saturated carbocycles. The summed E-state index contributed by atoms with van der Waals surface area (Å²) in [6, 6.07) is 12.5. The molecule has 0 bridgehead atoms. The van der Waals surface area contributed by atoms with Gasteiger partial charge in [0.1, 0.15) is 0 Å². The van der Waals surface area contributed by atoms with Gasteiger partial charge in [0, 0.05) is 37.9 Å². The van der Waals surface area contributed by atoms with Crippen molar-refractivity contribution in [2.75, 3.05) is 36.0 Å². The Morgan fingerprint density at radius 1 is 0.870 bits per heavy atom. The Hall–Kier alpha value is -2.63. The van der Waals surface area contributed by atoms with E-state index >= 15 is 0 Å². The predicted molar refractivity (Wildman–Crippen MR) is 91.1 cm³/mol. The molecule has 3 heterocycles. The molecule has 0 unspecified atom stereocenters. The van der Waals surface area contributed by atoms with Gasteiger partial charge < -0.3 is 9.80 Å². The SMILES string of the molecule is Cc1cc2nnc(N3CCN(c4ccccc4)CC3)c(C)n2n1. The van der Waals surface area contributed by atoms with Crippen molar-refractivity contribution in [1.82, 2.24) is 19.8 Å². The van der Waals surface area contributed by atoms with Gasteiger partial charge in [-0.25, -0.2) is 4.52 Å². The number of hydrogen-bond acceptors (Lipinski definition) is 5. The van der Waals surface area contributed by atoms with Gasteiger partial charge in [-0.2, -0.15) is 5.10 Å². The van der Waals surface area contributed by atoms with Gasteiger partial charge in [-0.1, -0.05) is 18.2 Å². The summed E-state index contributed by atoms with van der Waals surface area (Å²) in [5.74, 6) is 0.938. The summed E-state index contributed by atoms with van der Waals surface area (Å²) in [5, 5.41) is 13.3. The minimum Gasteiger partial charge on any atom is -0.368 e. The van der Waals surface area contributed by atoms with Crippen LogP contribution in [0.25, 0.3) is 5.65 Å². The number of nitrogens with zero attached hydrogens (tertiary/aromatic N) is 6. The van der Waals surface area contributed by atoms with Crippen molar-refractivity contribution in [3.8, 4) is 0 Å². The van der Waals surface area contributed by atoms with Crippen molar-refractivity contribution in [2.45, 2.75) is 13.8 Å². The van der Waals surface area contributed by atoms with Crippen LogP contribution in [0.15, 0.2) is 36.4 Å². The molecule has 0 spiro atoms. The summed E-state index contributed by atoms with van der Waals surface area (Å²) in [7, 11) is 0. The van der Waals surface area contributed by atoms with E-state index in [-0.39, 0.29) is 0 Å². The molecule has 1 aliphatic rings. The van der Waals surface area contributed by atoms with Crippen LogP contribution in [-0.4, -0.2) is 46.0 Å². The topological polar surface area (TPSA) is 49.6 Å². The first-order valence-electron chi connectivity index (χ1n) is 7.97. The van der Waals surface area contributed by atoms with Crippen LogP contribution in [0.3, 0.4) is 0 Å². The van der Waals surface area contributed by atoms with E-state index in [1.54, 1.807) is 0 Å². The highest BCUT2D eigenvalue weighted by Crippen LogP contribution is 2.21. The van der Waals surface area contributed by atoms with Crippen LogP contribution in [0.1, 0.15) is 11.4 Å². The molecular weight excluding hydrogens is 288 g/mol. The number of benzene rings is 1. The van der Waals surface area contributed by atoms with Gasteiger partial charge >= 0.3 is 0 Å². The molecule has 3 aromatic rings. The summed E-state index contributed by atoms with van der Waals surface area (Å²) in [6.07, 6.45) is 0. The molecule has 1 saturated heterocycles. The Morgan fingerprint density at radius 2 is 1.57 bits per heavy atom. The summed E-state index contributed by atoms with van der Waals surface area (Å²) in [6.45, 7) is 7.90. The highest BCUT2D eigenvalue weighted by molar-refractivity contribution is 5.52. The molecule has 23 heavy (non-hydrogen) atoms. The van der Waals surface area contributed by atoms with E-state index in [1.165, 1.54) is 5.69 Å². The maximum absolute atomic E-state index is 4.51. The van der Waals surface area contributed by atoms with Crippen molar-refractivity contribution in [1.29, 1.82) is 0 Å². The van der Waals surface area contributed by atoms with Crippen molar-refractivity contribution in [2.24, 2.45) is 0 Å². The molecule has 6 heteroatoms. The first-order chi connectivity index (χ1) is 11.2. The Bertz CT molecular complexity index is 818. The molecule has 118 valence electrons.